The van der Waals surface area contributed by atoms with Gasteiger partial charge in [0.15, 0.2) is 5.16 Å². The van der Waals surface area contributed by atoms with Crippen LogP contribution in [0, 0.1) is 0 Å². The summed E-state index contributed by atoms with van der Waals surface area (Å²) in [5, 5.41) is 9.69. The monoisotopic (exact) mass is 310 g/mol. The van der Waals surface area contributed by atoms with Gasteiger partial charge in [0, 0.05) is 17.7 Å². The first-order chi connectivity index (χ1) is 10.2. The minimum absolute atomic E-state index is 0.319. The first-order valence-electron chi connectivity index (χ1n) is 7.70. The Balaban J connectivity index is 1.54. The summed E-state index contributed by atoms with van der Waals surface area (Å²) in [5.41, 5.74) is 5.81. The number of ether oxygens (including phenoxy) is 1. The molecule has 116 valence electrons. The normalized spacial score (nSPS) is 19.5. The van der Waals surface area contributed by atoms with Crippen LogP contribution in [0.15, 0.2) is 5.16 Å². The maximum absolute atomic E-state index is 11.5. The second-order valence-electron chi connectivity index (χ2n) is 5.71. The van der Waals surface area contributed by atoms with Gasteiger partial charge in [-0.25, -0.2) is 0 Å². The number of nitrogens with two attached hydrogens (primary N) is 1. The highest BCUT2D eigenvalue weighted by molar-refractivity contribution is 7.99. The summed E-state index contributed by atoms with van der Waals surface area (Å²) in [5.74, 6) is 2.22. The molecule has 2 saturated carbocycles. The van der Waals surface area contributed by atoms with Crippen molar-refractivity contribution in [2.75, 3.05) is 12.4 Å². The largest absolute Gasteiger partial charge is 0.465 e. The van der Waals surface area contributed by atoms with Gasteiger partial charge in [-0.3, -0.25) is 4.79 Å². The van der Waals surface area contributed by atoms with E-state index in [0.717, 1.165) is 16.7 Å². The Morgan fingerprint density at radius 1 is 1.43 bits per heavy atom. The van der Waals surface area contributed by atoms with Crippen molar-refractivity contribution in [3.8, 4) is 0 Å². The summed E-state index contributed by atoms with van der Waals surface area (Å²) >= 11 is 1.65. The van der Waals surface area contributed by atoms with E-state index in [4.69, 9.17) is 10.5 Å². The number of carbonyl (C=O) groups excluding carboxylic acids is 1. The van der Waals surface area contributed by atoms with E-state index in [0.29, 0.717) is 25.0 Å². The molecule has 7 heteroatoms. The zero-order valence-electron chi connectivity index (χ0n) is 12.3. The van der Waals surface area contributed by atoms with Crippen LogP contribution >= 0.6 is 11.8 Å². The molecule has 2 fully saturated rings. The molecular weight excluding hydrogens is 288 g/mol. The van der Waals surface area contributed by atoms with Crippen LogP contribution in [0.1, 0.15) is 56.8 Å². The number of thioether (sulfide) groups is 1. The fourth-order valence-electron chi connectivity index (χ4n) is 2.33. The maximum Gasteiger partial charge on any atom is 0.322 e. The van der Waals surface area contributed by atoms with Crippen molar-refractivity contribution in [3.05, 3.63) is 5.82 Å². The van der Waals surface area contributed by atoms with Crippen molar-refractivity contribution in [3.63, 3.8) is 0 Å². The third-order valence-electron chi connectivity index (χ3n) is 3.79. The Morgan fingerprint density at radius 3 is 2.81 bits per heavy atom. The van der Waals surface area contributed by atoms with Gasteiger partial charge in [0.25, 0.3) is 0 Å². The molecule has 1 atom stereocenters. The predicted molar refractivity (Wildman–Crippen MR) is 80.2 cm³/mol. The van der Waals surface area contributed by atoms with Crippen LogP contribution in [0.5, 0.6) is 0 Å². The standard InChI is InChI=1S/C14H22N4O2S/c1-2-20-13(19)11(15)7-8-21-14-17-16-12(9-3-4-9)18(14)10-5-6-10/h9-11H,2-8,15H2,1H3. The number of hydrogen-bond acceptors (Lipinski definition) is 6. The van der Waals surface area contributed by atoms with E-state index in [2.05, 4.69) is 14.8 Å². The summed E-state index contributed by atoms with van der Waals surface area (Å²) in [6.07, 6.45) is 5.54. The molecule has 21 heavy (non-hydrogen) atoms. The van der Waals surface area contributed by atoms with Crippen molar-refractivity contribution in [2.45, 2.75) is 62.2 Å². The van der Waals surface area contributed by atoms with Gasteiger partial charge in [-0.2, -0.15) is 0 Å². The van der Waals surface area contributed by atoms with Crippen LogP contribution in [0.3, 0.4) is 0 Å². The highest BCUT2D eigenvalue weighted by Gasteiger charge is 2.36. The Hall–Kier alpha value is -1.08. The van der Waals surface area contributed by atoms with Crippen molar-refractivity contribution >= 4 is 17.7 Å². The van der Waals surface area contributed by atoms with E-state index < -0.39 is 6.04 Å². The number of hydrogen-bond donors (Lipinski definition) is 1. The minimum Gasteiger partial charge on any atom is -0.465 e. The molecule has 0 aliphatic heterocycles. The molecule has 1 heterocycles. The second-order valence-corrected chi connectivity index (χ2v) is 6.77. The van der Waals surface area contributed by atoms with Gasteiger partial charge in [-0.05, 0) is 39.0 Å². The van der Waals surface area contributed by atoms with Gasteiger partial charge in [0.1, 0.15) is 11.9 Å². The Morgan fingerprint density at radius 2 is 2.19 bits per heavy atom. The van der Waals surface area contributed by atoms with E-state index in [9.17, 15) is 4.79 Å². The minimum atomic E-state index is -0.544. The summed E-state index contributed by atoms with van der Waals surface area (Å²) in [6, 6.07) is 0.0504. The maximum atomic E-state index is 11.5. The van der Waals surface area contributed by atoms with Crippen LogP contribution in [-0.4, -0.2) is 39.1 Å². The van der Waals surface area contributed by atoms with E-state index in [-0.39, 0.29) is 5.97 Å². The fourth-order valence-corrected chi connectivity index (χ4v) is 3.36. The second kappa shape index (κ2) is 6.36. The summed E-state index contributed by atoms with van der Waals surface area (Å²) in [6.45, 7) is 2.16. The zero-order valence-corrected chi connectivity index (χ0v) is 13.1. The topological polar surface area (TPSA) is 83.0 Å². The highest BCUT2D eigenvalue weighted by atomic mass is 32.2. The molecule has 0 bridgehead atoms. The van der Waals surface area contributed by atoms with E-state index in [1.54, 1.807) is 18.7 Å². The SMILES string of the molecule is CCOC(=O)C(N)CCSc1nnc(C2CC2)n1C1CC1. The third-order valence-corrected chi connectivity index (χ3v) is 4.77. The first-order valence-corrected chi connectivity index (χ1v) is 8.69. The van der Waals surface area contributed by atoms with E-state index in [1.807, 2.05) is 0 Å². The molecule has 0 radical (unpaired) electrons. The van der Waals surface area contributed by atoms with Gasteiger partial charge in [-0.15, -0.1) is 10.2 Å². The number of nitrogens with zero attached hydrogens (tertiary/aromatic N) is 3. The molecule has 1 aromatic rings. The Labute approximate surface area is 128 Å². The van der Waals surface area contributed by atoms with Gasteiger partial charge in [-0.1, -0.05) is 11.8 Å². The Bertz CT molecular complexity index is 511. The smallest absolute Gasteiger partial charge is 0.322 e. The lowest BCUT2D eigenvalue weighted by molar-refractivity contribution is -0.144. The summed E-state index contributed by atoms with van der Waals surface area (Å²) < 4.78 is 7.23. The molecule has 0 aromatic carbocycles. The molecule has 2 aliphatic carbocycles. The van der Waals surface area contributed by atoms with Gasteiger partial charge in [0.2, 0.25) is 0 Å². The van der Waals surface area contributed by atoms with Crippen LogP contribution in [0.4, 0.5) is 0 Å². The predicted octanol–water partition coefficient (Wildman–Crippen LogP) is 1.86. The number of esters is 1. The van der Waals surface area contributed by atoms with Crippen LogP contribution in [-0.2, 0) is 9.53 Å². The first kappa shape index (κ1) is 14.8. The summed E-state index contributed by atoms with van der Waals surface area (Å²) in [7, 11) is 0. The quantitative estimate of drug-likeness (QED) is 0.583. The molecule has 0 amide bonds. The van der Waals surface area contributed by atoms with E-state index in [1.165, 1.54) is 25.7 Å². The molecule has 6 nitrogen and oxygen atoms in total. The van der Waals surface area contributed by atoms with Crippen LogP contribution in [0.25, 0.3) is 0 Å². The summed E-state index contributed by atoms with van der Waals surface area (Å²) in [4.78, 5) is 11.5. The molecule has 1 unspecified atom stereocenters. The van der Waals surface area contributed by atoms with Gasteiger partial charge < -0.3 is 15.0 Å². The average Bonchev–Trinajstić information content (AvgIpc) is 3.38. The lowest BCUT2D eigenvalue weighted by Crippen LogP contribution is -2.32. The molecule has 2 aliphatic rings. The number of aromatic nitrogens is 3. The molecule has 3 rings (SSSR count). The Kier molecular flexibility index (Phi) is 4.49. The average molecular weight is 310 g/mol. The molecular formula is C14H22N4O2S. The van der Waals surface area contributed by atoms with E-state index >= 15 is 0 Å². The molecule has 0 saturated heterocycles. The zero-order chi connectivity index (χ0) is 14.8. The molecule has 1 aromatic heterocycles. The van der Waals surface area contributed by atoms with Crippen LogP contribution < -0.4 is 5.73 Å². The fraction of sp³-hybridized carbons (Fsp3) is 0.786. The van der Waals surface area contributed by atoms with Crippen molar-refractivity contribution in [2.24, 2.45) is 5.73 Å². The molecule has 0 spiro atoms. The van der Waals surface area contributed by atoms with Crippen LogP contribution in [0.2, 0.25) is 0 Å². The van der Waals surface area contributed by atoms with Gasteiger partial charge >= 0.3 is 5.97 Å². The third kappa shape index (κ3) is 3.58. The highest BCUT2D eigenvalue weighted by Crippen LogP contribution is 2.46. The molecule has 2 N–H and O–H groups in total. The number of carbonyl (C=O) groups is 1. The van der Waals surface area contributed by atoms with Crippen molar-refractivity contribution in [1.82, 2.24) is 14.8 Å². The lowest BCUT2D eigenvalue weighted by Gasteiger charge is -2.11. The van der Waals surface area contributed by atoms with Gasteiger partial charge in [0.05, 0.1) is 6.61 Å². The van der Waals surface area contributed by atoms with Crippen molar-refractivity contribution in [1.29, 1.82) is 0 Å². The lowest BCUT2D eigenvalue weighted by atomic mass is 10.2. The van der Waals surface area contributed by atoms with Crippen molar-refractivity contribution < 1.29 is 9.53 Å². The number of rotatable bonds is 8.